The van der Waals surface area contributed by atoms with Crippen LogP contribution in [-0.4, -0.2) is 52.3 Å². The second-order valence-corrected chi connectivity index (χ2v) is 6.51. The Morgan fingerprint density at radius 2 is 2.10 bits per heavy atom. The van der Waals surface area contributed by atoms with Gasteiger partial charge in [-0.2, -0.15) is 5.26 Å². The van der Waals surface area contributed by atoms with E-state index < -0.39 is 9.84 Å². The molecule has 0 N–H and O–H groups in total. The molecule has 0 aromatic heterocycles. The number of nitrogens with zero attached hydrogens (tertiary/aromatic N) is 2. The third-order valence-electron chi connectivity index (χ3n) is 2.86. The molecule has 1 aromatic carbocycles. The first kappa shape index (κ1) is 17.1. The number of ether oxygens (including phenoxy) is 1. The molecule has 114 valence electrons. The number of sulfone groups is 1. The van der Waals surface area contributed by atoms with Crippen LogP contribution in [0.25, 0.3) is 0 Å². The quantitative estimate of drug-likeness (QED) is 0.752. The van der Waals surface area contributed by atoms with Crippen LogP contribution in [0.3, 0.4) is 0 Å². The van der Waals surface area contributed by atoms with Crippen molar-refractivity contribution < 1.29 is 17.9 Å². The van der Waals surface area contributed by atoms with Crippen LogP contribution in [0.5, 0.6) is 0 Å². The van der Waals surface area contributed by atoms with Crippen molar-refractivity contribution in [2.24, 2.45) is 0 Å². The minimum absolute atomic E-state index is 0.0975. The van der Waals surface area contributed by atoms with Crippen LogP contribution in [0.2, 0.25) is 0 Å². The smallest absolute Gasteiger partial charge is 0.254 e. The molecule has 6 nitrogen and oxygen atoms in total. The second kappa shape index (κ2) is 7.76. The highest BCUT2D eigenvalue weighted by Crippen LogP contribution is 2.13. The monoisotopic (exact) mass is 310 g/mol. The van der Waals surface area contributed by atoms with Crippen molar-refractivity contribution in [3.05, 3.63) is 29.8 Å². The van der Waals surface area contributed by atoms with Gasteiger partial charge in [-0.3, -0.25) is 4.79 Å². The Morgan fingerprint density at radius 3 is 2.67 bits per heavy atom. The first-order valence-electron chi connectivity index (χ1n) is 6.35. The van der Waals surface area contributed by atoms with E-state index >= 15 is 0 Å². The third-order valence-corrected chi connectivity index (χ3v) is 3.97. The van der Waals surface area contributed by atoms with E-state index in [9.17, 15) is 13.2 Å². The maximum Gasteiger partial charge on any atom is 0.254 e. The van der Waals surface area contributed by atoms with E-state index in [1.165, 1.54) is 30.2 Å². The van der Waals surface area contributed by atoms with E-state index in [2.05, 4.69) is 0 Å². The van der Waals surface area contributed by atoms with Gasteiger partial charge in [0.15, 0.2) is 9.84 Å². The summed E-state index contributed by atoms with van der Waals surface area (Å²) in [4.78, 5) is 14.0. The van der Waals surface area contributed by atoms with Crippen molar-refractivity contribution in [1.82, 2.24) is 4.90 Å². The predicted molar refractivity (Wildman–Crippen MR) is 77.6 cm³/mol. The van der Waals surface area contributed by atoms with Gasteiger partial charge in [0.2, 0.25) is 0 Å². The first-order valence-corrected chi connectivity index (χ1v) is 8.24. The SMILES string of the molecule is COCCN(CCC#N)C(=O)c1cccc(S(C)(=O)=O)c1. The molecule has 1 rings (SSSR count). The summed E-state index contributed by atoms with van der Waals surface area (Å²) in [6.45, 7) is 0.977. The van der Waals surface area contributed by atoms with E-state index in [0.29, 0.717) is 13.2 Å². The highest BCUT2D eigenvalue weighted by Gasteiger charge is 2.17. The number of benzene rings is 1. The van der Waals surface area contributed by atoms with Crippen LogP contribution < -0.4 is 0 Å². The Kier molecular flexibility index (Phi) is 6.34. The summed E-state index contributed by atoms with van der Waals surface area (Å²) in [5.74, 6) is -0.312. The van der Waals surface area contributed by atoms with Gasteiger partial charge in [0.1, 0.15) is 0 Å². The molecule has 0 aliphatic carbocycles. The number of hydrogen-bond acceptors (Lipinski definition) is 5. The molecule has 0 spiro atoms. The fourth-order valence-corrected chi connectivity index (χ4v) is 2.41. The zero-order valence-electron chi connectivity index (χ0n) is 12.1. The van der Waals surface area contributed by atoms with Crippen molar-refractivity contribution in [1.29, 1.82) is 5.26 Å². The molecule has 0 aliphatic rings. The van der Waals surface area contributed by atoms with Crippen molar-refractivity contribution in [3.8, 4) is 6.07 Å². The van der Waals surface area contributed by atoms with E-state index in [0.717, 1.165) is 6.26 Å². The number of carbonyl (C=O) groups is 1. The standard InChI is InChI=1S/C14H18N2O4S/c1-20-10-9-16(8-4-7-15)14(17)12-5-3-6-13(11-12)21(2,18)19/h3,5-6,11H,4,8-10H2,1-2H3. The van der Waals surface area contributed by atoms with Gasteiger partial charge in [0.05, 0.1) is 24.0 Å². The first-order chi connectivity index (χ1) is 9.90. The minimum atomic E-state index is -3.37. The minimum Gasteiger partial charge on any atom is -0.383 e. The Morgan fingerprint density at radius 1 is 1.38 bits per heavy atom. The molecule has 0 bridgehead atoms. The van der Waals surface area contributed by atoms with E-state index in [1.54, 1.807) is 6.07 Å². The maximum atomic E-state index is 12.4. The lowest BCUT2D eigenvalue weighted by atomic mass is 10.2. The van der Waals surface area contributed by atoms with Gasteiger partial charge in [-0.25, -0.2) is 8.42 Å². The van der Waals surface area contributed by atoms with Crippen LogP contribution in [0.1, 0.15) is 16.8 Å². The highest BCUT2D eigenvalue weighted by atomic mass is 32.2. The highest BCUT2D eigenvalue weighted by molar-refractivity contribution is 7.90. The van der Waals surface area contributed by atoms with Gasteiger partial charge in [0, 0.05) is 32.0 Å². The van der Waals surface area contributed by atoms with Crippen LogP contribution in [-0.2, 0) is 14.6 Å². The van der Waals surface area contributed by atoms with Gasteiger partial charge in [-0.05, 0) is 18.2 Å². The normalized spacial score (nSPS) is 10.9. The molecule has 21 heavy (non-hydrogen) atoms. The van der Waals surface area contributed by atoms with Gasteiger partial charge in [-0.1, -0.05) is 6.07 Å². The average molecular weight is 310 g/mol. The number of rotatable bonds is 7. The summed E-state index contributed by atoms with van der Waals surface area (Å²) in [5.41, 5.74) is 0.284. The number of nitriles is 1. The Labute approximate surface area is 124 Å². The molecule has 0 unspecified atom stereocenters. The molecule has 1 amide bonds. The van der Waals surface area contributed by atoms with Crippen LogP contribution in [0.4, 0.5) is 0 Å². The molecule has 0 saturated carbocycles. The number of amides is 1. The lowest BCUT2D eigenvalue weighted by molar-refractivity contribution is 0.0699. The Balaban J connectivity index is 3.00. The number of methoxy groups -OCH3 is 1. The maximum absolute atomic E-state index is 12.4. The Hall–Kier alpha value is -1.91. The van der Waals surface area contributed by atoms with E-state index in [-0.39, 0.29) is 29.3 Å². The van der Waals surface area contributed by atoms with Crippen molar-refractivity contribution in [2.75, 3.05) is 33.1 Å². The summed E-state index contributed by atoms with van der Waals surface area (Å²) in [6.07, 6.45) is 1.30. The molecule has 7 heteroatoms. The van der Waals surface area contributed by atoms with Crippen molar-refractivity contribution in [2.45, 2.75) is 11.3 Å². The zero-order chi connectivity index (χ0) is 15.9. The zero-order valence-corrected chi connectivity index (χ0v) is 12.9. The van der Waals surface area contributed by atoms with Gasteiger partial charge in [-0.15, -0.1) is 0 Å². The predicted octanol–water partition coefficient (Wildman–Crippen LogP) is 1.09. The van der Waals surface area contributed by atoms with E-state index in [4.69, 9.17) is 10.00 Å². The molecule has 1 aromatic rings. The lowest BCUT2D eigenvalue weighted by Crippen LogP contribution is -2.34. The van der Waals surface area contributed by atoms with Crippen LogP contribution in [0.15, 0.2) is 29.2 Å². The molecule has 0 atom stereocenters. The van der Waals surface area contributed by atoms with Crippen LogP contribution >= 0.6 is 0 Å². The summed E-state index contributed by atoms with van der Waals surface area (Å²) in [7, 11) is -1.84. The fraction of sp³-hybridized carbons (Fsp3) is 0.429. The number of carbonyl (C=O) groups excluding carboxylic acids is 1. The molecule has 0 fully saturated rings. The van der Waals surface area contributed by atoms with Gasteiger partial charge >= 0.3 is 0 Å². The Bertz CT molecular complexity index is 635. The molecule has 0 radical (unpaired) electrons. The molecular formula is C14H18N2O4S. The lowest BCUT2D eigenvalue weighted by Gasteiger charge is -2.21. The molecule has 0 saturated heterocycles. The topological polar surface area (TPSA) is 87.5 Å². The van der Waals surface area contributed by atoms with E-state index in [1.807, 2.05) is 6.07 Å². The third kappa shape index (κ3) is 5.17. The summed E-state index contributed by atoms with van der Waals surface area (Å²) < 4.78 is 28.0. The van der Waals surface area contributed by atoms with Crippen molar-refractivity contribution in [3.63, 3.8) is 0 Å². The van der Waals surface area contributed by atoms with Crippen LogP contribution in [0, 0.1) is 11.3 Å². The van der Waals surface area contributed by atoms with Gasteiger partial charge < -0.3 is 9.64 Å². The van der Waals surface area contributed by atoms with Crippen molar-refractivity contribution >= 4 is 15.7 Å². The summed E-state index contributed by atoms with van der Waals surface area (Å²) in [5, 5.41) is 8.65. The fourth-order valence-electron chi connectivity index (χ4n) is 1.74. The van der Waals surface area contributed by atoms with Gasteiger partial charge in [0.25, 0.3) is 5.91 Å². The molecular weight excluding hydrogens is 292 g/mol. The summed E-state index contributed by atoms with van der Waals surface area (Å²) in [6, 6.07) is 7.87. The molecule has 0 heterocycles. The summed E-state index contributed by atoms with van der Waals surface area (Å²) >= 11 is 0. The second-order valence-electron chi connectivity index (χ2n) is 4.49. The average Bonchev–Trinajstić information content (AvgIpc) is 2.46. The molecule has 0 aliphatic heterocycles. The number of hydrogen-bond donors (Lipinski definition) is 0. The largest absolute Gasteiger partial charge is 0.383 e.